The number of ether oxygens (including phenoxy) is 1. The van der Waals surface area contributed by atoms with Gasteiger partial charge in [-0.15, -0.1) is 0 Å². The van der Waals surface area contributed by atoms with Crippen LogP contribution in [0.5, 0.6) is 5.75 Å². The van der Waals surface area contributed by atoms with Crippen LogP contribution >= 0.6 is 15.9 Å². The molecule has 21 heavy (non-hydrogen) atoms. The van der Waals surface area contributed by atoms with Gasteiger partial charge in [-0.1, -0.05) is 40.2 Å². The van der Waals surface area contributed by atoms with Gasteiger partial charge in [-0.2, -0.15) is 0 Å². The normalized spacial score (nSPS) is 10.2. The van der Waals surface area contributed by atoms with Crippen molar-refractivity contribution in [2.45, 2.75) is 13.0 Å². The molecule has 0 atom stereocenters. The topological polar surface area (TPSA) is 64.3 Å². The van der Waals surface area contributed by atoms with Gasteiger partial charge in [-0.25, -0.2) is 10.2 Å². The smallest absolute Gasteiger partial charge is 0.238 e. The Labute approximate surface area is 130 Å². The van der Waals surface area contributed by atoms with Gasteiger partial charge >= 0.3 is 0 Å². The summed E-state index contributed by atoms with van der Waals surface area (Å²) >= 11 is 3.27. The Morgan fingerprint density at radius 1 is 1.24 bits per heavy atom. The molecule has 0 aromatic heterocycles. The molecule has 2 rings (SSSR count). The molecule has 6 heteroatoms. The molecule has 0 saturated carbocycles. The van der Waals surface area contributed by atoms with Crippen molar-refractivity contribution >= 4 is 21.8 Å². The minimum absolute atomic E-state index is 0.150. The van der Waals surface area contributed by atoms with Gasteiger partial charge in [0.2, 0.25) is 5.91 Å². The average molecular weight is 353 g/mol. The first-order valence-corrected chi connectivity index (χ1v) is 7.03. The number of hydrazine groups is 1. The fourth-order valence-corrected chi connectivity index (χ4v) is 2.18. The van der Waals surface area contributed by atoms with Crippen LogP contribution in [0.25, 0.3) is 0 Å². The summed E-state index contributed by atoms with van der Waals surface area (Å²) in [6.45, 7) is 0.168. The molecule has 0 heterocycles. The molecule has 0 radical (unpaired) electrons. The molecule has 0 aliphatic rings. The van der Waals surface area contributed by atoms with Crippen molar-refractivity contribution in [1.82, 2.24) is 5.43 Å². The number of carbonyl (C=O) groups excluding carboxylic acids is 1. The van der Waals surface area contributed by atoms with Crippen LogP contribution in [0.15, 0.2) is 46.9 Å². The minimum Gasteiger partial charge on any atom is -0.486 e. The summed E-state index contributed by atoms with van der Waals surface area (Å²) in [5.74, 6) is 4.51. The van der Waals surface area contributed by atoms with Crippen LogP contribution in [0.2, 0.25) is 0 Å². The molecule has 2 aromatic carbocycles. The summed E-state index contributed by atoms with van der Waals surface area (Å²) in [5, 5.41) is 0. The number of rotatable bonds is 5. The Morgan fingerprint density at radius 2 is 1.95 bits per heavy atom. The van der Waals surface area contributed by atoms with Gasteiger partial charge in [-0.3, -0.25) is 10.2 Å². The zero-order valence-corrected chi connectivity index (χ0v) is 12.7. The lowest BCUT2D eigenvalue weighted by molar-refractivity contribution is -0.120. The van der Waals surface area contributed by atoms with Crippen LogP contribution in [0, 0.1) is 5.82 Å². The van der Waals surface area contributed by atoms with Crippen molar-refractivity contribution in [3.63, 3.8) is 0 Å². The molecule has 0 spiro atoms. The number of nitrogens with two attached hydrogens (primary N) is 1. The van der Waals surface area contributed by atoms with Crippen LogP contribution in [-0.4, -0.2) is 5.91 Å². The molecule has 0 aliphatic carbocycles. The highest BCUT2D eigenvalue weighted by atomic mass is 79.9. The van der Waals surface area contributed by atoms with Crippen molar-refractivity contribution < 1.29 is 13.9 Å². The number of nitrogens with one attached hydrogen (secondary N) is 1. The van der Waals surface area contributed by atoms with E-state index in [0.29, 0.717) is 0 Å². The van der Waals surface area contributed by atoms with Gasteiger partial charge in [0.05, 0.1) is 6.42 Å². The molecule has 0 saturated heterocycles. The number of hydrogen-bond acceptors (Lipinski definition) is 3. The first-order chi connectivity index (χ1) is 10.1. The fourth-order valence-electron chi connectivity index (χ4n) is 1.84. The molecule has 0 fully saturated rings. The first-order valence-electron chi connectivity index (χ1n) is 6.24. The van der Waals surface area contributed by atoms with Gasteiger partial charge in [-0.05, 0) is 29.3 Å². The Morgan fingerprint density at radius 3 is 2.67 bits per heavy atom. The van der Waals surface area contributed by atoms with Crippen molar-refractivity contribution in [3.8, 4) is 5.75 Å². The van der Waals surface area contributed by atoms with Gasteiger partial charge < -0.3 is 4.74 Å². The summed E-state index contributed by atoms with van der Waals surface area (Å²) in [5.41, 5.74) is 3.68. The molecular formula is C15H14BrFN2O2. The zero-order chi connectivity index (χ0) is 15.2. The molecule has 3 N–H and O–H groups in total. The van der Waals surface area contributed by atoms with Crippen LogP contribution in [0.4, 0.5) is 4.39 Å². The fraction of sp³-hybridized carbons (Fsp3) is 0.133. The van der Waals surface area contributed by atoms with E-state index in [2.05, 4.69) is 21.4 Å². The predicted molar refractivity (Wildman–Crippen MR) is 80.9 cm³/mol. The highest BCUT2D eigenvalue weighted by Gasteiger charge is 2.09. The maximum atomic E-state index is 13.6. The molecule has 2 aromatic rings. The van der Waals surface area contributed by atoms with Crippen molar-refractivity contribution in [3.05, 3.63) is 63.9 Å². The Hall–Kier alpha value is -1.92. The van der Waals surface area contributed by atoms with Crippen LogP contribution in [0.1, 0.15) is 11.1 Å². The van der Waals surface area contributed by atoms with E-state index in [4.69, 9.17) is 10.6 Å². The lowest BCUT2D eigenvalue weighted by Gasteiger charge is -2.11. The molecule has 1 amide bonds. The number of halogens is 2. The molecule has 4 nitrogen and oxygen atoms in total. The molecule has 0 bridgehead atoms. The van der Waals surface area contributed by atoms with Gasteiger partial charge in [0.1, 0.15) is 6.61 Å². The minimum atomic E-state index is -0.435. The van der Waals surface area contributed by atoms with E-state index in [1.165, 1.54) is 6.07 Å². The van der Waals surface area contributed by atoms with E-state index in [1.807, 2.05) is 24.3 Å². The van der Waals surface area contributed by atoms with Crippen molar-refractivity contribution in [1.29, 1.82) is 0 Å². The molecule has 0 unspecified atom stereocenters. The Bertz CT molecular complexity index is 649. The lowest BCUT2D eigenvalue weighted by Crippen LogP contribution is -2.31. The third-order valence-electron chi connectivity index (χ3n) is 2.91. The Balaban J connectivity index is 2.13. The van der Waals surface area contributed by atoms with Gasteiger partial charge in [0, 0.05) is 4.47 Å². The molecule has 0 aliphatic heterocycles. The number of benzene rings is 2. The third-order valence-corrected chi connectivity index (χ3v) is 3.40. The number of hydrogen-bond donors (Lipinski definition) is 2. The first kappa shape index (κ1) is 15.5. The quantitative estimate of drug-likeness (QED) is 0.494. The van der Waals surface area contributed by atoms with E-state index in [1.54, 1.807) is 12.1 Å². The maximum Gasteiger partial charge on any atom is 0.238 e. The average Bonchev–Trinajstić information content (AvgIpc) is 2.49. The van der Waals surface area contributed by atoms with Crippen LogP contribution in [0.3, 0.4) is 0 Å². The van der Waals surface area contributed by atoms with Crippen LogP contribution in [-0.2, 0) is 17.8 Å². The third kappa shape index (κ3) is 4.27. The van der Waals surface area contributed by atoms with E-state index in [-0.39, 0.29) is 24.7 Å². The predicted octanol–water partition coefficient (Wildman–Crippen LogP) is 2.70. The standard InChI is InChI=1S/C15H14BrFN2O2/c16-12-5-6-13(17)14(8-12)21-9-11-4-2-1-3-10(11)7-15(20)19-18/h1-6,8H,7,9,18H2,(H,19,20). The highest BCUT2D eigenvalue weighted by molar-refractivity contribution is 9.10. The van der Waals surface area contributed by atoms with Gasteiger partial charge in [0.15, 0.2) is 11.6 Å². The summed E-state index contributed by atoms with van der Waals surface area (Å²) in [4.78, 5) is 11.4. The second-order valence-electron chi connectivity index (χ2n) is 4.38. The van der Waals surface area contributed by atoms with E-state index < -0.39 is 5.82 Å². The SMILES string of the molecule is NNC(=O)Cc1ccccc1COc1cc(Br)ccc1F. The van der Waals surface area contributed by atoms with Crippen molar-refractivity contribution in [2.24, 2.45) is 5.84 Å². The van der Waals surface area contributed by atoms with Crippen molar-refractivity contribution in [2.75, 3.05) is 0 Å². The number of amides is 1. The summed E-state index contributed by atoms with van der Waals surface area (Å²) in [6.07, 6.45) is 0.150. The number of carbonyl (C=O) groups is 1. The van der Waals surface area contributed by atoms with E-state index in [9.17, 15) is 9.18 Å². The van der Waals surface area contributed by atoms with E-state index >= 15 is 0 Å². The molecular weight excluding hydrogens is 339 g/mol. The van der Waals surface area contributed by atoms with E-state index in [0.717, 1.165) is 15.6 Å². The lowest BCUT2D eigenvalue weighted by atomic mass is 10.1. The van der Waals surface area contributed by atoms with Gasteiger partial charge in [0.25, 0.3) is 0 Å². The zero-order valence-electron chi connectivity index (χ0n) is 11.1. The maximum absolute atomic E-state index is 13.6. The van der Waals surface area contributed by atoms with Crippen LogP contribution < -0.4 is 16.0 Å². The Kier molecular flexibility index (Phi) is 5.30. The molecule has 110 valence electrons. The highest BCUT2D eigenvalue weighted by Crippen LogP contribution is 2.23. The monoisotopic (exact) mass is 352 g/mol. The summed E-state index contributed by atoms with van der Waals surface area (Å²) in [7, 11) is 0. The second-order valence-corrected chi connectivity index (χ2v) is 5.29. The summed E-state index contributed by atoms with van der Waals surface area (Å²) < 4.78 is 19.8. The second kappa shape index (κ2) is 7.19. The largest absolute Gasteiger partial charge is 0.486 e. The summed E-state index contributed by atoms with van der Waals surface area (Å²) in [6, 6.07) is 11.8.